The number of ether oxygens (including phenoxy) is 1. The van der Waals surface area contributed by atoms with E-state index in [0.717, 1.165) is 24.0 Å². The summed E-state index contributed by atoms with van der Waals surface area (Å²) in [5, 5.41) is 11.9. The summed E-state index contributed by atoms with van der Waals surface area (Å²) in [6.07, 6.45) is 5.20. The predicted octanol–water partition coefficient (Wildman–Crippen LogP) is 3.69. The third-order valence-electron chi connectivity index (χ3n) is 3.99. The van der Waals surface area contributed by atoms with Crippen LogP contribution in [0.4, 0.5) is 0 Å². The van der Waals surface area contributed by atoms with E-state index in [1.54, 1.807) is 6.08 Å². The van der Waals surface area contributed by atoms with Gasteiger partial charge in [0.1, 0.15) is 11.8 Å². The highest BCUT2D eigenvalue weighted by molar-refractivity contribution is 5.94. The molecule has 0 fully saturated rings. The maximum atomic E-state index is 12.2. The van der Waals surface area contributed by atoms with Crippen LogP contribution >= 0.6 is 0 Å². The summed E-state index contributed by atoms with van der Waals surface area (Å²) in [7, 11) is 0. The van der Waals surface area contributed by atoms with Crippen molar-refractivity contribution in [1.82, 2.24) is 5.32 Å². The Kier molecular flexibility index (Phi) is 8.10. The molecular formula is C22H25NO4. The molecule has 5 nitrogen and oxygen atoms in total. The fourth-order valence-corrected chi connectivity index (χ4v) is 2.51. The average molecular weight is 367 g/mol. The van der Waals surface area contributed by atoms with Crippen LogP contribution in [0.15, 0.2) is 60.7 Å². The van der Waals surface area contributed by atoms with Gasteiger partial charge in [0.2, 0.25) is 5.91 Å². The Morgan fingerprint density at radius 2 is 1.81 bits per heavy atom. The van der Waals surface area contributed by atoms with Gasteiger partial charge >= 0.3 is 5.97 Å². The Balaban J connectivity index is 2.00. The number of carboxylic acids is 1. The molecule has 0 saturated carbocycles. The van der Waals surface area contributed by atoms with E-state index in [0.29, 0.717) is 12.4 Å². The number of hydrogen-bond donors (Lipinski definition) is 2. The van der Waals surface area contributed by atoms with Gasteiger partial charge in [0, 0.05) is 18.1 Å². The van der Waals surface area contributed by atoms with E-state index < -0.39 is 17.9 Å². The van der Waals surface area contributed by atoms with Gasteiger partial charge in [0.05, 0.1) is 6.61 Å². The van der Waals surface area contributed by atoms with Crippen molar-refractivity contribution in [2.45, 2.75) is 32.2 Å². The van der Waals surface area contributed by atoms with E-state index in [2.05, 4.69) is 12.2 Å². The van der Waals surface area contributed by atoms with Gasteiger partial charge in [-0.05, 0) is 24.1 Å². The maximum absolute atomic E-state index is 12.2. The molecule has 1 amide bonds. The molecule has 0 heterocycles. The van der Waals surface area contributed by atoms with Crippen molar-refractivity contribution in [3.8, 4) is 5.75 Å². The van der Waals surface area contributed by atoms with E-state index in [1.165, 1.54) is 6.08 Å². The van der Waals surface area contributed by atoms with Gasteiger partial charge in [-0.2, -0.15) is 0 Å². The molecule has 0 aromatic heterocycles. The van der Waals surface area contributed by atoms with Gasteiger partial charge in [-0.25, -0.2) is 4.79 Å². The monoisotopic (exact) mass is 367 g/mol. The number of carboxylic acid groups (broad SMARTS) is 1. The number of aliphatic carboxylic acids is 1. The summed E-state index contributed by atoms with van der Waals surface area (Å²) in [5.74, 6) is -0.820. The molecule has 2 N–H and O–H groups in total. The number of para-hydroxylation sites is 1. The fraction of sp³-hybridized carbons (Fsp3) is 0.273. The van der Waals surface area contributed by atoms with Crippen LogP contribution in [0, 0.1) is 0 Å². The first-order valence-electron chi connectivity index (χ1n) is 9.07. The van der Waals surface area contributed by atoms with E-state index in [4.69, 9.17) is 4.74 Å². The highest BCUT2D eigenvalue weighted by atomic mass is 16.5. The van der Waals surface area contributed by atoms with Gasteiger partial charge in [-0.15, -0.1) is 0 Å². The normalized spacial score (nSPS) is 11.9. The van der Waals surface area contributed by atoms with Crippen molar-refractivity contribution < 1.29 is 19.4 Å². The van der Waals surface area contributed by atoms with E-state index >= 15 is 0 Å². The molecule has 0 spiro atoms. The number of benzene rings is 2. The first-order chi connectivity index (χ1) is 13.1. The van der Waals surface area contributed by atoms with Crippen molar-refractivity contribution >= 4 is 18.0 Å². The number of amides is 1. The minimum absolute atomic E-state index is 0.229. The molecule has 2 rings (SSSR count). The van der Waals surface area contributed by atoms with Gasteiger partial charge < -0.3 is 15.2 Å². The minimum atomic E-state index is -1.07. The lowest BCUT2D eigenvalue weighted by atomic mass is 10.1. The molecule has 0 aliphatic rings. The summed E-state index contributed by atoms with van der Waals surface area (Å²) in [6, 6.07) is 15.7. The van der Waals surface area contributed by atoms with Gasteiger partial charge in [-0.3, -0.25) is 4.79 Å². The number of carbonyl (C=O) groups is 2. The third kappa shape index (κ3) is 6.98. The van der Waals surface area contributed by atoms with Crippen LogP contribution in [0.2, 0.25) is 0 Å². The zero-order valence-corrected chi connectivity index (χ0v) is 15.4. The maximum Gasteiger partial charge on any atom is 0.326 e. The SMILES string of the molecule is CCCCOc1ccccc1/C=C/C(=O)N[C@@H](Cc1ccccc1)C(=O)O. The summed E-state index contributed by atoms with van der Waals surface area (Å²) in [4.78, 5) is 23.6. The molecular weight excluding hydrogens is 342 g/mol. The van der Waals surface area contributed by atoms with Crippen LogP contribution in [-0.4, -0.2) is 29.6 Å². The Morgan fingerprint density at radius 1 is 1.11 bits per heavy atom. The van der Waals surface area contributed by atoms with Crippen LogP contribution in [0.3, 0.4) is 0 Å². The Bertz CT molecular complexity index is 771. The molecule has 2 aromatic rings. The van der Waals surface area contributed by atoms with E-state index in [1.807, 2.05) is 54.6 Å². The molecule has 27 heavy (non-hydrogen) atoms. The smallest absolute Gasteiger partial charge is 0.326 e. The molecule has 142 valence electrons. The lowest BCUT2D eigenvalue weighted by molar-refractivity contribution is -0.141. The van der Waals surface area contributed by atoms with E-state index in [9.17, 15) is 14.7 Å². The van der Waals surface area contributed by atoms with Gasteiger partial charge in [-0.1, -0.05) is 61.9 Å². The van der Waals surface area contributed by atoms with Gasteiger partial charge in [0.15, 0.2) is 0 Å². The number of rotatable bonds is 10. The summed E-state index contributed by atoms with van der Waals surface area (Å²) >= 11 is 0. The Morgan fingerprint density at radius 3 is 2.52 bits per heavy atom. The second-order valence-electron chi connectivity index (χ2n) is 6.16. The van der Waals surface area contributed by atoms with Crippen molar-refractivity contribution in [1.29, 1.82) is 0 Å². The summed E-state index contributed by atoms with van der Waals surface area (Å²) in [5.41, 5.74) is 1.63. The first kappa shape index (κ1) is 20.2. The second-order valence-corrected chi connectivity index (χ2v) is 6.16. The lowest BCUT2D eigenvalue weighted by Crippen LogP contribution is -2.41. The van der Waals surface area contributed by atoms with Crippen LogP contribution in [0.25, 0.3) is 6.08 Å². The quantitative estimate of drug-likeness (QED) is 0.496. The van der Waals surface area contributed by atoms with Crippen LogP contribution in [0.5, 0.6) is 5.75 Å². The van der Waals surface area contributed by atoms with Crippen LogP contribution in [-0.2, 0) is 16.0 Å². The van der Waals surface area contributed by atoms with Crippen molar-refractivity contribution in [3.63, 3.8) is 0 Å². The highest BCUT2D eigenvalue weighted by Crippen LogP contribution is 2.19. The lowest BCUT2D eigenvalue weighted by Gasteiger charge is -2.13. The molecule has 0 aliphatic carbocycles. The van der Waals surface area contributed by atoms with Crippen molar-refractivity contribution in [3.05, 3.63) is 71.8 Å². The van der Waals surface area contributed by atoms with Crippen molar-refractivity contribution in [2.24, 2.45) is 0 Å². The zero-order valence-electron chi connectivity index (χ0n) is 15.4. The minimum Gasteiger partial charge on any atom is -0.493 e. The zero-order chi connectivity index (χ0) is 19.5. The number of hydrogen-bond acceptors (Lipinski definition) is 3. The molecule has 2 aromatic carbocycles. The van der Waals surface area contributed by atoms with Gasteiger partial charge in [0.25, 0.3) is 0 Å². The largest absolute Gasteiger partial charge is 0.493 e. The Labute approximate surface area is 159 Å². The van der Waals surface area contributed by atoms with Crippen LogP contribution in [0.1, 0.15) is 30.9 Å². The molecule has 0 bridgehead atoms. The number of nitrogens with one attached hydrogen (secondary N) is 1. The topological polar surface area (TPSA) is 75.6 Å². The molecule has 5 heteroatoms. The fourth-order valence-electron chi connectivity index (χ4n) is 2.51. The second kappa shape index (κ2) is 10.8. The van der Waals surface area contributed by atoms with E-state index in [-0.39, 0.29) is 6.42 Å². The highest BCUT2D eigenvalue weighted by Gasteiger charge is 2.19. The average Bonchev–Trinajstić information content (AvgIpc) is 2.67. The predicted molar refractivity (Wildman–Crippen MR) is 106 cm³/mol. The summed E-state index contributed by atoms with van der Waals surface area (Å²) in [6.45, 7) is 2.71. The Hall–Kier alpha value is -3.08. The van der Waals surface area contributed by atoms with Crippen LogP contribution < -0.4 is 10.1 Å². The van der Waals surface area contributed by atoms with Crippen molar-refractivity contribution in [2.75, 3.05) is 6.61 Å². The molecule has 0 unspecified atom stereocenters. The standard InChI is InChI=1S/C22H25NO4/c1-2-3-15-27-20-12-8-7-11-18(20)13-14-21(24)23-19(22(25)26)16-17-9-5-4-6-10-17/h4-14,19H,2-3,15-16H2,1H3,(H,23,24)(H,25,26)/b14-13+/t19-/m0/s1. The number of carbonyl (C=O) groups excluding carboxylic acids is 1. The first-order valence-corrected chi connectivity index (χ1v) is 9.07. The molecule has 0 radical (unpaired) electrons. The molecule has 1 atom stereocenters. The third-order valence-corrected chi connectivity index (χ3v) is 3.99. The number of unbranched alkanes of at least 4 members (excludes halogenated alkanes) is 1. The molecule has 0 aliphatic heterocycles. The molecule has 0 saturated heterocycles. The summed E-state index contributed by atoms with van der Waals surface area (Å²) < 4.78 is 5.73.